The van der Waals surface area contributed by atoms with Gasteiger partial charge < -0.3 is 9.47 Å². The highest BCUT2D eigenvalue weighted by molar-refractivity contribution is 5.68. The van der Waals surface area contributed by atoms with Crippen molar-refractivity contribution in [3.8, 4) is 22.6 Å². The monoisotopic (exact) mass is 481 g/mol. The quantitative estimate of drug-likeness (QED) is 0.411. The molecule has 0 N–H and O–H groups in total. The summed E-state index contributed by atoms with van der Waals surface area (Å²) in [6, 6.07) is 7.61. The van der Waals surface area contributed by atoms with Gasteiger partial charge in [0.2, 0.25) is 0 Å². The van der Waals surface area contributed by atoms with Crippen LogP contribution in [0.15, 0.2) is 42.9 Å². The van der Waals surface area contributed by atoms with Gasteiger partial charge >= 0.3 is 6.18 Å². The first-order chi connectivity index (χ1) is 16.6. The minimum Gasteiger partial charge on any atom is -0.352 e. The number of pyridine rings is 2. The summed E-state index contributed by atoms with van der Waals surface area (Å²) in [6.45, 7) is 5.65. The third-order valence-electron chi connectivity index (χ3n) is 6.38. The highest BCUT2D eigenvalue weighted by atomic mass is 19.4. The van der Waals surface area contributed by atoms with Crippen molar-refractivity contribution in [1.29, 1.82) is 0 Å². The van der Waals surface area contributed by atoms with Crippen molar-refractivity contribution < 1.29 is 13.2 Å². The molecular weight excluding hydrogens is 455 g/mol. The molecule has 7 nitrogen and oxygen atoms in total. The minimum absolute atomic E-state index is 0.227. The Hall–Kier alpha value is -3.69. The Kier molecular flexibility index (Phi) is 5.61. The van der Waals surface area contributed by atoms with Gasteiger partial charge in [0.1, 0.15) is 11.6 Å². The molecular formula is C25H26F3N7. The van der Waals surface area contributed by atoms with Gasteiger partial charge in [0.25, 0.3) is 0 Å². The summed E-state index contributed by atoms with van der Waals surface area (Å²) in [7, 11) is 3.52. The van der Waals surface area contributed by atoms with Crippen LogP contribution in [0.5, 0.6) is 0 Å². The molecule has 5 rings (SSSR count). The summed E-state index contributed by atoms with van der Waals surface area (Å²) < 4.78 is 42.5. The van der Waals surface area contributed by atoms with E-state index in [1.165, 1.54) is 10.3 Å². The van der Waals surface area contributed by atoms with Crippen LogP contribution in [0, 0.1) is 0 Å². The zero-order chi connectivity index (χ0) is 24.9. The molecule has 35 heavy (non-hydrogen) atoms. The van der Waals surface area contributed by atoms with Crippen LogP contribution < -0.4 is 4.90 Å². The standard InChI is InChI=1S/C25H26F3N7/c1-15(2)22-17(6-5-10-29-22)23-18-13-35(11-9-19(18)34(4)32-23)21-8-7-16(12-30-21)24-31-20(14-33(24)3)25(26,27)28/h5-8,10,12,14-15H,9,11,13H2,1-4H3. The summed E-state index contributed by atoms with van der Waals surface area (Å²) in [4.78, 5) is 15.1. The first kappa shape index (κ1) is 23.1. The van der Waals surface area contributed by atoms with Gasteiger partial charge in [0.15, 0.2) is 5.69 Å². The number of nitrogens with zero attached hydrogens (tertiary/aromatic N) is 7. The number of aromatic nitrogens is 6. The van der Waals surface area contributed by atoms with Crippen LogP contribution in [-0.2, 0) is 33.2 Å². The fourth-order valence-corrected chi connectivity index (χ4v) is 4.66. The number of imidazole rings is 1. The number of aryl methyl sites for hydroxylation is 2. The van der Waals surface area contributed by atoms with E-state index in [-0.39, 0.29) is 11.7 Å². The third-order valence-corrected chi connectivity index (χ3v) is 6.38. The fourth-order valence-electron chi connectivity index (χ4n) is 4.66. The van der Waals surface area contributed by atoms with Gasteiger partial charge in [-0.05, 0) is 30.2 Å². The second kappa shape index (κ2) is 8.51. The molecule has 10 heteroatoms. The number of anilines is 1. The van der Waals surface area contributed by atoms with E-state index in [0.29, 0.717) is 12.1 Å². The van der Waals surface area contributed by atoms with Gasteiger partial charge in [0.05, 0.1) is 11.4 Å². The van der Waals surface area contributed by atoms with Crippen LogP contribution in [0.1, 0.15) is 42.4 Å². The lowest BCUT2D eigenvalue weighted by Crippen LogP contribution is -2.31. The minimum atomic E-state index is -4.49. The molecule has 4 aromatic heterocycles. The first-order valence-electron chi connectivity index (χ1n) is 11.5. The van der Waals surface area contributed by atoms with Crippen molar-refractivity contribution in [2.45, 2.75) is 38.9 Å². The number of fused-ring (bicyclic) bond motifs is 1. The van der Waals surface area contributed by atoms with E-state index in [4.69, 9.17) is 5.10 Å². The van der Waals surface area contributed by atoms with Crippen molar-refractivity contribution >= 4 is 5.82 Å². The number of halogens is 3. The number of rotatable bonds is 4. The molecule has 0 fully saturated rings. The van der Waals surface area contributed by atoms with Crippen LogP contribution in [-0.4, -0.2) is 35.8 Å². The molecule has 182 valence electrons. The number of hydrogen-bond acceptors (Lipinski definition) is 5. The van der Waals surface area contributed by atoms with E-state index in [0.717, 1.165) is 47.5 Å². The third kappa shape index (κ3) is 4.17. The zero-order valence-corrected chi connectivity index (χ0v) is 20.0. The second-order valence-electron chi connectivity index (χ2n) is 9.12. The van der Waals surface area contributed by atoms with Crippen molar-refractivity contribution in [2.24, 2.45) is 14.1 Å². The summed E-state index contributed by atoms with van der Waals surface area (Å²) >= 11 is 0. The normalized spacial score (nSPS) is 14.0. The average Bonchev–Trinajstić information content (AvgIpc) is 3.39. The van der Waals surface area contributed by atoms with Crippen LogP contribution in [0.4, 0.5) is 19.0 Å². The Labute approximate surface area is 201 Å². The van der Waals surface area contributed by atoms with E-state index >= 15 is 0 Å². The molecule has 0 aromatic carbocycles. The molecule has 1 aliphatic heterocycles. The summed E-state index contributed by atoms with van der Waals surface area (Å²) in [5.74, 6) is 1.25. The Morgan fingerprint density at radius 3 is 2.51 bits per heavy atom. The predicted octanol–water partition coefficient (Wildman–Crippen LogP) is 4.98. The Bertz CT molecular complexity index is 1370. The van der Waals surface area contributed by atoms with E-state index in [9.17, 15) is 13.2 Å². The lowest BCUT2D eigenvalue weighted by molar-refractivity contribution is -0.140. The second-order valence-corrected chi connectivity index (χ2v) is 9.12. The zero-order valence-electron chi connectivity index (χ0n) is 20.0. The maximum absolute atomic E-state index is 13.0. The van der Waals surface area contributed by atoms with E-state index < -0.39 is 11.9 Å². The van der Waals surface area contributed by atoms with Crippen LogP contribution in [0.2, 0.25) is 0 Å². The largest absolute Gasteiger partial charge is 0.434 e. The maximum atomic E-state index is 13.0. The SMILES string of the molecule is CC(C)c1ncccc1-c1nn(C)c2c1CN(c1ccc(-c3nc(C(F)(F)F)cn3C)cn1)CC2. The van der Waals surface area contributed by atoms with Gasteiger partial charge in [-0.15, -0.1) is 0 Å². The molecule has 0 spiro atoms. The summed E-state index contributed by atoms with van der Waals surface area (Å²) in [5, 5.41) is 4.85. The molecule has 0 unspecified atom stereocenters. The molecule has 0 amide bonds. The molecule has 0 aliphatic carbocycles. The highest BCUT2D eigenvalue weighted by Crippen LogP contribution is 2.35. The van der Waals surface area contributed by atoms with E-state index in [1.807, 2.05) is 30.1 Å². The molecule has 5 heterocycles. The first-order valence-corrected chi connectivity index (χ1v) is 11.5. The van der Waals surface area contributed by atoms with Crippen molar-refractivity contribution in [2.75, 3.05) is 11.4 Å². The van der Waals surface area contributed by atoms with Crippen LogP contribution in [0.3, 0.4) is 0 Å². The van der Waals surface area contributed by atoms with Gasteiger partial charge in [-0.3, -0.25) is 9.67 Å². The Morgan fingerprint density at radius 1 is 1.06 bits per heavy atom. The molecule has 1 aliphatic rings. The lowest BCUT2D eigenvalue weighted by Gasteiger charge is -2.29. The van der Waals surface area contributed by atoms with Gasteiger partial charge in [-0.1, -0.05) is 13.8 Å². The topological polar surface area (TPSA) is 64.7 Å². The van der Waals surface area contributed by atoms with Gasteiger partial charge in [-0.2, -0.15) is 18.3 Å². The molecule has 0 radical (unpaired) electrons. The van der Waals surface area contributed by atoms with Crippen LogP contribution >= 0.6 is 0 Å². The molecule has 0 saturated carbocycles. The lowest BCUT2D eigenvalue weighted by atomic mass is 9.96. The molecule has 4 aromatic rings. The highest BCUT2D eigenvalue weighted by Gasteiger charge is 2.34. The van der Waals surface area contributed by atoms with Crippen molar-refractivity contribution in [3.63, 3.8) is 0 Å². The maximum Gasteiger partial charge on any atom is 0.434 e. The Balaban J connectivity index is 1.44. The van der Waals surface area contributed by atoms with Gasteiger partial charge in [-0.25, -0.2) is 9.97 Å². The summed E-state index contributed by atoms with van der Waals surface area (Å²) in [6.07, 6.45) is 0.706. The van der Waals surface area contributed by atoms with Crippen LogP contribution in [0.25, 0.3) is 22.6 Å². The molecule has 0 atom stereocenters. The van der Waals surface area contributed by atoms with Crippen molar-refractivity contribution in [1.82, 2.24) is 29.3 Å². The van der Waals surface area contributed by atoms with E-state index in [1.54, 1.807) is 19.3 Å². The Morgan fingerprint density at radius 2 is 1.86 bits per heavy atom. The van der Waals surface area contributed by atoms with Gasteiger partial charge in [0, 0.05) is 74.6 Å². The number of alkyl halides is 3. The van der Waals surface area contributed by atoms with Crippen molar-refractivity contribution in [3.05, 3.63) is 65.5 Å². The average molecular weight is 482 g/mol. The van der Waals surface area contributed by atoms with E-state index in [2.05, 4.69) is 39.8 Å². The molecule has 0 bridgehead atoms. The fraction of sp³-hybridized carbons (Fsp3) is 0.360. The molecule has 0 saturated heterocycles. The number of hydrogen-bond donors (Lipinski definition) is 0. The predicted molar refractivity (Wildman–Crippen MR) is 127 cm³/mol. The summed E-state index contributed by atoms with van der Waals surface area (Å²) in [5.41, 5.74) is 4.96. The smallest absolute Gasteiger partial charge is 0.352 e.